The SMILES string of the molecule is COc1cc2[nH]c(-c3cn4c(n3)C(c3ccccc3C(F)(F)F)OCC4)cc2cc1C#N. The van der Waals surface area contributed by atoms with Gasteiger partial charge in [-0.05, 0) is 18.2 Å². The highest BCUT2D eigenvalue weighted by atomic mass is 19.4. The number of halogens is 3. The fourth-order valence-electron chi connectivity index (χ4n) is 4.06. The highest BCUT2D eigenvalue weighted by Gasteiger charge is 2.37. The summed E-state index contributed by atoms with van der Waals surface area (Å²) in [5.41, 5.74) is 1.74. The summed E-state index contributed by atoms with van der Waals surface area (Å²) in [5.74, 6) is 0.867. The molecule has 2 aromatic heterocycles. The van der Waals surface area contributed by atoms with Gasteiger partial charge >= 0.3 is 6.18 Å². The van der Waals surface area contributed by atoms with Gasteiger partial charge in [-0.1, -0.05) is 18.2 Å². The molecule has 2 aromatic carbocycles. The number of aromatic amines is 1. The number of nitriles is 1. The molecule has 3 heterocycles. The first-order valence-electron chi connectivity index (χ1n) is 9.85. The Balaban J connectivity index is 1.59. The van der Waals surface area contributed by atoms with Crippen molar-refractivity contribution in [1.82, 2.24) is 14.5 Å². The summed E-state index contributed by atoms with van der Waals surface area (Å²) in [5, 5.41) is 10.1. The van der Waals surface area contributed by atoms with E-state index in [2.05, 4.69) is 16.0 Å². The molecule has 0 radical (unpaired) electrons. The average Bonchev–Trinajstić information content (AvgIpc) is 3.40. The lowest BCUT2D eigenvalue weighted by atomic mass is 10.0. The van der Waals surface area contributed by atoms with Gasteiger partial charge in [0.2, 0.25) is 0 Å². The standard InChI is InChI=1S/C23H17F3N4O2/c1-31-20-10-17-13(8-14(20)11-27)9-18(28-17)19-12-30-6-7-32-21(22(30)29-19)15-4-2-3-5-16(15)23(24,25)26/h2-5,8-10,12,21,28H,6-7H2,1H3. The molecule has 0 saturated carbocycles. The molecule has 162 valence electrons. The molecule has 6 nitrogen and oxygen atoms in total. The molecule has 1 aliphatic rings. The molecule has 5 rings (SSSR count). The van der Waals surface area contributed by atoms with Crippen LogP contribution in [0.3, 0.4) is 0 Å². The largest absolute Gasteiger partial charge is 0.495 e. The minimum Gasteiger partial charge on any atom is -0.495 e. The number of H-pyrrole nitrogens is 1. The number of rotatable bonds is 3. The van der Waals surface area contributed by atoms with Crippen LogP contribution in [0, 0.1) is 11.3 Å². The van der Waals surface area contributed by atoms with Crippen molar-refractivity contribution in [1.29, 1.82) is 5.26 Å². The molecule has 0 amide bonds. The lowest BCUT2D eigenvalue weighted by Crippen LogP contribution is -2.24. The maximum Gasteiger partial charge on any atom is 0.416 e. The maximum atomic E-state index is 13.6. The van der Waals surface area contributed by atoms with Crippen LogP contribution in [0.4, 0.5) is 13.2 Å². The van der Waals surface area contributed by atoms with Gasteiger partial charge in [0.1, 0.15) is 29.4 Å². The first-order valence-corrected chi connectivity index (χ1v) is 9.85. The fraction of sp³-hybridized carbons (Fsp3) is 0.217. The van der Waals surface area contributed by atoms with Gasteiger partial charge in [-0.25, -0.2) is 4.98 Å². The van der Waals surface area contributed by atoms with E-state index in [4.69, 9.17) is 9.47 Å². The molecule has 0 spiro atoms. The zero-order valence-corrected chi connectivity index (χ0v) is 16.9. The van der Waals surface area contributed by atoms with E-state index in [1.807, 2.05) is 10.6 Å². The Hall–Kier alpha value is -3.77. The normalized spacial score (nSPS) is 16.0. The summed E-state index contributed by atoms with van der Waals surface area (Å²) in [6.45, 7) is 0.759. The first-order chi connectivity index (χ1) is 15.4. The zero-order valence-electron chi connectivity index (χ0n) is 16.9. The number of hydrogen-bond donors (Lipinski definition) is 1. The Labute approximate surface area is 180 Å². The molecular weight excluding hydrogens is 421 g/mol. The number of ether oxygens (including phenoxy) is 2. The van der Waals surface area contributed by atoms with Crippen molar-refractivity contribution >= 4 is 10.9 Å². The Bertz CT molecular complexity index is 1360. The maximum absolute atomic E-state index is 13.6. The third-order valence-corrected chi connectivity index (χ3v) is 5.54. The minimum atomic E-state index is -4.49. The van der Waals surface area contributed by atoms with Gasteiger partial charge in [-0.2, -0.15) is 18.4 Å². The molecule has 1 aliphatic heterocycles. The van der Waals surface area contributed by atoms with Gasteiger partial charge in [-0.3, -0.25) is 0 Å². The second-order valence-electron chi connectivity index (χ2n) is 7.45. The molecule has 32 heavy (non-hydrogen) atoms. The monoisotopic (exact) mass is 438 g/mol. The highest BCUT2D eigenvalue weighted by Crippen LogP contribution is 2.39. The topological polar surface area (TPSA) is 75.9 Å². The molecule has 0 fully saturated rings. The van der Waals surface area contributed by atoms with Crippen LogP contribution in [0.15, 0.2) is 48.7 Å². The molecule has 4 aromatic rings. The summed E-state index contributed by atoms with van der Waals surface area (Å²) >= 11 is 0. The summed E-state index contributed by atoms with van der Waals surface area (Å²) in [6.07, 6.45) is -3.62. The van der Waals surface area contributed by atoms with Gasteiger partial charge in [0.05, 0.1) is 30.5 Å². The molecule has 1 atom stereocenters. The number of benzene rings is 2. The molecular formula is C23H17F3N4O2. The van der Waals surface area contributed by atoms with Crippen LogP contribution >= 0.6 is 0 Å². The summed E-state index contributed by atoms with van der Waals surface area (Å²) in [7, 11) is 1.49. The van der Waals surface area contributed by atoms with E-state index in [0.717, 1.165) is 17.0 Å². The molecule has 1 N–H and O–H groups in total. The number of hydrogen-bond acceptors (Lipinski definition) is 4. The van der Waals surface area contributed by atoms with Gasteiger partial charge < -0.3 is 19.0 Å². The highest BCUT2D eigenvalue weighted by molar-refractivity contribution is 5.88. The minimum absolute atomic E-state index is 0.0399. The molecule has 0 bridgehead atoms. The number of alkyl halides is 3. The summed E-state index contributed by atoms with van der Waals surface area (Å²) < 4.78 is 53.5. The summed E-state index contributed by atoms with van der Waals surface area (Å²) in [6, 6.07) is 12.8. The van der Waals surface area contributed by atoms with Gasteiger partial charge in [0, 0.05) is 35.3 Å². The van der Waals surface area contributed by atoms with E-state index in [1.165, 1.54) is 19.2 Å². The molecule has 9 heteroatoms. The molecule has 0 aliphatic carbocycles. The van der Waals surface area contributed by atoms with Crippen LogP contribution in [0.2, 0.25) is 0 Å². The van der Waals surface area contributed by atoms with Crippen LogP contribution in [0.1, 0.15) is 28.6 Å². The first kappa shape index (κ1) is 20.2. The number of methoxy groups -OCH3 is 1. The van der Waals surface area contributed by atoms with Gasteiger partial charge in [0.25, 0.3) is 0 Å². The molecule has 0 saturated heterocycles. The van der Waals surface area contributed by atoms with Crippen molar-refractivity contribution in [2.24, 2.45) is 0 Å². The fourth-order valence-corrected chi connectivity index (χ4v) is 4.06. The van der Waals surface area contributed by atoms with E-state index in [1.54, 1.807) is 24.4 Å². The number of imidazole rings is 1. The van der Waals surface area contributed by atoms with E-state index in [9.17, 15) is 18.4 Å². The quantitative estimate of drug-likeness (QED) is 0.486. The van der Waals surface area contributed by atoms with E-state index in [-0.39, 0.29) is 12.2 Å². The Kier molecular flexibility index (Phi) is 4.68. The third-order valence-electron chi connectivity index (χ3n) is 5.54. The third kappa shape index (κ3) is 3.29. The van der Waals surface area contributed by atoms with Crippen LogP contribution in [-0.2, 0) is 17.5 Å². The average molecular weight is 438 g/mol. The predicted octanol–water partition coefficient (Wildman–Crippen LogP) is 5.05. The number of aromatic nitrogens is 3. The van der Waals surface area contributed by atoms with Crippen molar-refractivity contribution in [3.05, 3.63) is 71.2 Å². The second-order valence-corrected chi connectivity index (χ2v) is 7.45. The predicted molar refractivity (Wildman–Crippen MR) is 110 cm³/mol. The zero-order chi connectivity index (χ0) is 22.5. The van der Waals surface area contributed by atoms with E-state index in [0.29, 0.717) is 35.1 Å². The van der Waals surface area contributed by atoms with Crippen molar-refractivity contribution in [3.63, 3.8) is 0 Å². The van der Waals surface area contributed by atoms with Crippen LogP contribution < -0.4 is 4.74 Å². The van der Waals surface area contributed by atoms with Crippen molar-refractivity contribution in [2.45, 2.75) is 18.8 Å². The number of nitrogens with zero attached hydrogens (tertiary/aromatic N) is 3. The van der Waals surface area contributed by atoms with Crippen LogP contribution in [0.5, 0.6) is 5.75 Å². The number of fused-ring (bicyclic) bond motifs is 2. The van der Waals surface area contributed by atoms with Gasteiger partial charge in [0.15, 0.2) is 0 Å². The van der Waals surface area contributed by atoms with Crippen LogP contribution in [-0.4, -0.2) is 28.3 Å². The Morgan fingerprint density at radius 3 is 2.81 bits per heavy atom. The summed E-state index contributed by atoms with van der Waals surface area (Å²) in [4.78, 5) is 7.88. The Morgan fingerprint density at radius 2 is 2.06 bits per heavy atom. The van der Waals surface area contributed by atoms with Crippen molar-refractivity contribution in [2.75, 3.05) is 13.7 Å². The van der Waals surface area contributed by atoms with E-state index >= 15 is 0 Å². The van der Waals surface area contributed by atoms with Crippen molar-refractivity contribution < 1.29 is 22.6 Å². The Morgan fingerprint density at radius 1 is 1.25 bits per heavy atom. The molecule has 1 unspecified atom stereocenters. The number of nitrogens with one attached hydrogen (secondary N) is 1. The van der Waals surface area contributed by atoms with Crippen molar-refractivity contribution in [3.8, 4) is 23.2 Å². The second kappa shape index (κ2) is 7.43. The smallest absolute Gasteiger partial charge is 0.416 e. The lowest BCUT2D eigenvalue weighted by molar-refractivity contribution is -0.139. The van der Waals surface area contributed by atoms with Crippen LogP contribution in [0.25, 0.3) is 22.3 Å². The lowest BCUT2D eigenvalue weighted by Gasteiger charge is -2.26. The van der Waals surface area contributed by atoms with E-state index < -0.39 is 17.8 Å². The van der Waals surface area contributed by atoms with Gasteiger partial charge in [-0.15, -0.1) is 0 Å².